The van der Waals surface area contributed by atoms with Crippen LogP contribution in [0.4, 0.5) is 0 Å². The van der Waals surface area contributed by atoms with Crippen molar-refractivity contribution in [3.05, 3.63) is 26.5 Å². The lowest BCUT2D eigenvalue weighted by Gasteiger charge is -1.99. The largest absolute Gasteiger partial charge is 0.492 e. The maximum absolute atomic E-state index is 11.2. The van der Waals surface area contributed by atoms with E-state index in [2.05, 4.69) is 0 Å². The molecule has 0 unspecified atom stereocenters. The molecular weight excluding hydrogens is 176 g/mol. The van der Waals surface area contributed by atoms with Gasteiger partial charge < -0.3 is 9.47 Å². The van der Waals surface area contributed by atoms with E-state index in [0.29, 0.717) is 12.4 Å². The van der Waals surface area contributed by atoms with Crippen LogP contribution in [0.5, 0.6) is 5.75 Å². The van der Waals surface area contributed by atoms with Gasteiger partial charge in [-0.2, -0.15) is 0 Å². The lowest BCUT2D eigenvalue weighted by atomic mass is 10.4. The summed E-state index contributed by atoms with van der Waals surface area (Å²) in [6.07, 6.45) is 0. The summed E-state index contributed by atoms with van der Waals surface area (Å²) < 4.78 is 9.72. The molecule has 0 N–H and O–H groups in total. The van der Waals surface area contributed by atoms with Crippen LogP contribution in [0, 0.1) is 0 Å². The highest BCUT2D eigenvalue weighted by molar-refractivity contribution is 7.09. The first kappa shape index (κ1) is 9.22. The summed E-state index contributed by atoms with van der Waals surface area (Å²) in [5.74, 6) is 0.389. The maximum atomic E-state index is 11.2. The number of ether oxygens (including phenoxy) is 2. The Morgan fingerprint density at radius 2 is 2.25 bits per heavy atom. The van der Waals surface area contributed by atoms with E-state index in [0.717, 1.165) is 4.88 Å². The SMILES string of the molecule is COCc1cc(=O)c(OC)cs1. The number of hydrogen-bond donors (Lipinski definition) is 0. The van der Waals surface area contributed by atoms with Crippen molar-refractivity contribution in [2.75, 3.05) is 14.2 Å². The van der Waals surface area contributed by atoms with Gasteiger partial charge in [0.1, 0.15) is 0 Å². The third kappa shape index (κ3) is 2.06. The first-order valence-electron chi connectivity index (χ1n) is 3.42. The Kier molecular flexibility index (Phi) is 3.25. The molecule has 0 aliphatic rings. The van der Waals surface area contributed by atoms with Gasteiger partial charge in [-0.1, -0.05) is 0 Å². The first-order valence-corrected chi connectivity index (χ1v) is 4.30. The molecule has 0 aliphatic carbocycles. The van der Waals surface area contributed by atoms with Crippen molar-refractivity contribution in [2.24, 2.45) is 0 Å². The Morgan fingerprint density at radius 3 is 2.75 bits per heavy atom. The Balaban J connectivity index is 2.94. The minimum atomic E-state index is -0.0942. The molecule has 1 heterocycles. The standard InChI is InChI=1S/C8H10O3S/c1-10-4-6-3-7(9)8(11-2)5-12-6/h3,5H,4H2,1-2H3. The van der Waals surface area contributed by atoms with E-state index >= 15 is 0 Å². The third-order valence-electron chi connectivity index (χ3n) is 1.36. The fourth-order valence-electron chi connectivity index (χ4n) is 0.805. The third-order valence-corrected chi connectivity index (χ3v) is 2.23. The zero-order valence-corrected chi connectivity index (χ0v) is 7.81. The summed E-state index contributed by atoms with van der Waals surface area (Å²) in [7, 11) is 3.08. The lowest BCUT2D eigenvalue weighted by Crippen LogP contribution is -2.03. The van der Waals surface area contributed by atoms with Gasteiger partial charge in [-0.05, 0) is 0 Å². The van der Waals surface area contributed by atoms with E-state index in [1.54, 1.807) is 12.5 Å². The lowest BCUT2D eigenvalue weighted by molar-refractivity contribution is 0.187. The molecule has 1 aromatic rings. The first-order chi connectivity index (χ1) is 5.77. The van der Waals surface area contributed by atoms with Crippen LogP contribution in [-0.2, 0) is 11.3 Å². The van der Waals surface area contributed by atoms with Crippen molar-refractivity contribution in [1.82, 2.24) is 0 Å². The fraction of sp³-hybridized carbons (Fsp3) is 0.375. The van der Waals surface area contributed by atoms with Gasteiger partial charge in [-0.15, -0.1) is 11.3 Å². The van der Waals surface area contributed by atoms with Gasteiger partial charge in [-0.3, -0.25) is 4.79 Å². The Morgan fingerprint density at radius 1 is 1.50 bits per heavy atom. The molecule has 1 aromatic heterocycles. The van der Waals surface area contributed by atoms with Gasteiger partial charge in [-0.25, -0.2) is 0 Å². The number of rotatable bonds is 3. The van der Waals surface area contributed by atoms with Crippen LogP contribution in [0.25, 0.3) is 0 Å². The second-order valence-corrected chi connectivity index (χ2v) is 3.21. The minimum Gasteiger partial charge on any atom is -0.492 e. The molecule has 1 rings (SSSR count). The van der Waals surface area contributed by atoms with E-state index in [-0.39, 0.29) is 5.43 Å². The monoisotopic (exact) mass is 186 g/mol. The van der Waals surface area contributed by atoms with E-state index in [1.165, 1.54) is 24.5 Å². The molecule has 0 fully saturated rings. The van der Waals surface area contributed by atoms with Crippen LogP contribution >= 0.6 is 11.3 Å². The van der Waals surface area contributed by atoms with Crippen LogP contribution in [-0.4, -0.2) is 14.2 Å². The zero-order valence-electron chi connectivity index (χ0n) is 6.99. The quantitative estimate of drug-likeness (QED) is 0.713. The van der Waals surface area contributed by atoms with Gasteiger partial charge >= 0.3 is 0 Å². The van der Waals surface area contributed by atoms with E-state index in [4.69, 9.17) is 9.47 Å². The highest BCUT2D eigenvalue weighted by Gasteiger charge is 2.00. The Labute approximate surface area is 74.6 Å². The van der Waals surface area contributed by atoms with Crippen molar-refractivity contribution in [3.63, 3.8) is 0 Å². The molecule has 0 saturated heterocycles. The Bertz CT molecular complexity index is 305. The average molecular weight is 186 g/mol. The topological polar surface area (TPSA) is 35.5 Å². The summed E-state index contributed by atoms with van der Waals surface area (Å²) in [6.45, 7) is 0.476. The molecule has 0 saturated carbocycles. The molecule has 0 aromatic carbocycles. The van der Waals surface area contributed by atoms with Crippen LogP contribution < -0.4 is 10.2 Å². The fourth-order valence-corrected chi connectivity index (χ4v) is 1.64. The molecule has 3 nitrogen and oxygen atoms in total. The average Bonchev–Trinajstić information content (AvgIpc) is 2.05. The molecule has 0 atom stereocenters. The molecule has 0 radical (unpaired) electrons. The summed E-state index contributed by atoms with van der Waals surface area (Å²) in [4.78, 5) is 12.1. The van der Waals surface area contributed by atoms with Gasteiger partial charge in [0.25, 0.3) is 0 Å². The summed E-state index contributed by atoms with van der Waals surface area (Å²) in [5.41, 5.74) is -0.0942. The molecule has 0 amide bonds. The van der Waals surface area contributed by atoms with E-state index < -0.39 is 0 Å². The molecule has 0 bridgehead atoms. The summed E-state index contributed by atoms with van der Waals surface area (Å²) in [6, 6.07) is 1.53. The Hall–Kier alpha value is -0.870. The van der Waals surface area contributed by atoms with Gasteiger partial charge in [0.15, 0.2) is 5.75 Å². The molecule has 4 heteroatoms. The van der Waals surface area contributed by atoms with Crippen LogP contribution in [0.15, 0.2) is 16.2 Å². The highest BCUT2D eigenvalue weighted by Crippen LogP contribution is 2.12. The van der Waals surface area contributed by atoms with Crippen LogP contribution in [0.2, 0.25) is 0 Å². The van der Waals surface area contributed by atoms with Crippen molar-refractivity contribution >= 4 is 11.3 Å². The van der Waals surface area contributed by atoms with Gasteiger partial charge in [0, 0.05) is 23.4 Å². The smallest absolute Gasteiger partial charge is 0.222 e. The van der Waals surface area contributed by atoms with Crippen molar-refractivity contribution in [1.29, 1.82) is 0 Å². The van der Waals surface area contributed by atoms with Crippen molar-refractivity contribution < 1.29 is 9.47 Å². The van der Waals surface area contributed by atoms with Gasteiger partial charge in [0.05, 0.1) is 13.7 Å². The van der Waals surface area contributed by atoms with E-state index in [9.17, 15) is 4.79 Å². The minimum absolute atomic E-state index is 0.0942. The zero-order chi connectivity index (χ0) is 8.97. The van der Waals surface area contributed by atoms with Gasteiger partial charge in [0.2, 0.25) is 5.43 Å². The predicted molar refractivity (Wildman–Crippen MR) is 47.9 cm³/mol. The maximum Gasteiger partial charge on any atom is 0.222 e. The summed E-state index contributed by atoms with van der Waals surface area (Å²) >= 11 is 1.45. The molecule has 0 aliphatic heterocycles. The highest BCUT2D eigenvalue weighted by atomic mass is 32.1. The van der Waals surface area contributed by atoms with Crippen molar-refractivity contribution in [3.8, 4) is 5.75 Å². The van der Waals surface area contributed by atoms with Crippen LogP contribution in [0.1, 0.15) is 4.88 Å². The second kappa shape index (κ2) is 4.23. The molecular formula is C8H10O3S. The van der Waals surface area contributed by atoms with E-state index in [1.807, 2.05) is 0 Å². The predicted octanol–water partition coefficient (Wildman–Crippen LogP) is 1.26. The molecule has 0 spiro atoms. The van der Waals surface area contributed by atoms with Crippen LogP contribution in [0.3, 0.4) is 0 Å². The van der Waals surface area contributed by atoms with Crippen molar-refractivity contribution in [2.45, 2.75) is 6.61 Å². The normalized spacial score (nSPS) is 9.83. The summed E-state index contributed by atoms with van der Waals surface area (Å²) in [5, 5.41) is 1.69. The molecule has 12 heavy (non-hydrogen) atoms. The second-order valence-electron chi connectivity index (χ2n) is 2.21. The number of hydrogen-bond acceptors (Lipinski definition) is 4. The molecule has 66 valence electrons. The number of methoxy groups -OCH3 is 2.